The van der Waals surface area contributed by atoms with Crippen molar-refractivity contribution in [1.82, 2.24) is 5.32 Å². The van der Waals surface area contributed by atoms with Crippen LogP contribution in [-0.4, -0.2) is 5.91 Å². The Morgan fingerprint density at radius 2 is 1.71 bits per heavy atom. The molecule has 21 heavy (non-hydrogen) atoms. The average Bonchev–Trinajstić information content (AvgIpc) is 2.48. The summed E-state index contributed by atoms with van der Waals surface area (Å²) in [6, 6.07) is 17.5. The van der Waals surface area contributed by atoms with E-state index in [4.69, 9.17) is 5.73 Å². The number of carbonyl (C=O) groups is 1. The summed E-state index contributed by atoms with van der Waals surface area (Å²) in [5, 5.41) is 3.02. The van der Waals surface area contributed by atoms with Gasteiger partial charge in [0.2, 0.25) is 5.91 Å². The van der Waals surface area contributed by atoms with Gasteiger partial charge in [-0.15, -0.1) is 0 Å². The van der Waals surface area contributed by atoms with Gasteiger partial charge < -0.3 is 11.1 Å². The molecule has 0 bridgehead atoms. The lowest BCUT2D eigenvalue weighted by Crippen LogP contribution is -2.30. The zero-order chi connectivity index (χ0) is 15.2. The van der Waals surface area contributed by atoms with Crippen LogP contribution in [0.25, 0.3) is 0 Å². The van der Waals surface area contributed by atoms with Gasteiger partial charge in [-0.05, 0) is 30.5 Å². The number of hydrogen-bond donors (Lipinski definition) is 2. The molecule has 0 radical (unpaired) electrons. The average molecular weight is 282 g/mol. The summed E-state index contributed by atoms with van der Waals surface area (Å²) in [7, 11) is 0. The van der Waals surface area contributed by atoms with Crippen molar-refractivity contribution >= 4 is 5.91 Å². The van der Waals surface area contributed by atoms with Crippen molar-refractivity contribution in [3.63, 3.8) is 0 Å². The molecule has 0 aliphatic heterocycles. The first kappa shape index (κ1) is 15.3. The summed E-state index contributed by atoms with van der Waals surface area (Å²) < 4.78 is 0. The fourth-order valence-corrected chi connectivity index (χ4v) is 2.47. The Morgan fingerprint density at radius 3 is 2.38 bits per heavy atom. The predicted octanol–water partition coefficient (Wildman–Crippen LogP) is 3.26. The van der Waals surface area contributed by atoms with Crippen LogP contribution >= 0.6 is 0 Å². The third-order valence-corrected chi connectivity index (χ3v) is 3.67. The maximum Gasteiger partial charge on any atom is 0.222 e. The third-order valence-electron chi connectivity index (χ3n) is 3.67. The van der Waals surface area contributed by atoms with Crippen molar-refractivity contribution in [2.24, 2.45) is 5.73 Å². The fraction of sp³-hybridized carbons (Fsp3) is 0.278. The molecule has 2 aromatic carbocycles. The molecule has 2 rings (SSSR count). The van der Waals surface area contributed by atoms with Gasteiger partial charge in [0.1, 0.15) is 0 Å². The Morgan fingerprint density at radius 1 is 1.10 bits per heavy atom. The van der Waals surface area contributed by atoms with Gasteiger partial charge in [-0.2, -0.15) is 0 Å². The first-order chi connectivity index (χ1) is 10.1. The molecule has 0 heterocycles. The second-order valence-corrected chi connectivity index (χ2v) is 5.37. The van der Waals surface area contributed by atoms with Crippen LogP contribution in [-0.2, 0) is 4.79 Å². The first-order valence-corrected chi connectivity index (χ1v) is 7.23. The molecule has 110 valence electrons. The molecule has 3 heteroatoms. The molecule has 2 unspecified atom stereocenters. The maximum atomic E-state index is 12.1. The van der Waals surface area contributed by atoms with Crippen molar-refractivity contribution in [3.05, 3.63) is 71.3 Å². The van der Waals surface area contributed by atoms with Crippen LogP contribution in [0.4, 0.5) is 0 Å². The Balaban J connectivity index is 1.94. The lowest BCUT2D eigenvalue weighted by Gasteiger charge is -2.18. The molecular weight excluding hydrogens is 260 g/mol. The van der Waals surface area contributed by atoms with Crippen LogP contribution in [0.1, 0.15) is 42.1 Å². The Kier molecular flexibility index (Phi) is 5.12. The molecule has 1 amide bonds. The molecule has 3 nitrogen and oxygen atoms in total. The topological polar surface area (TPSA) is 55.1 Å². The van der Waals surface area contributed by atoms with E-state index in [0.717, 1.165) is 11.1 Å². The number of amides is 1. The van der Waals surface area contributed by atoms with Crippen LogP contribution in [0, 0.1) is 6.92 Å². The highest BCUT2D eigenvalue weighted by Gasteiger charge is 2.15. The van der Waals surface area contributed by atoms with Gasteiger partial charge in [0, 0.05) is 12.5 Å². The number of nitrogens with two attached hydrogens (primary N) is 1. The number of aryl methyl sites for hydroxylation is 1. The van der Waals surface area contributed by atoms with Crippen molar-refractivity contribution < 1.29 is 4.79 Å². The van der Waals surface area contributed by atoms with E-state index in [0.29, 0.717) is 6.42 Å². The smallest absolute Gasteiger partial charge is 0.222 e. The Bertz CT molecular complexity index is 595. The highest BCUT2D eigenvalue weighted by atomic mass is 16.1. The Labute approximate surface area is 126 Å². The predicted molar refractivity (Wildman–Crippen MR) is 85.7 cm³/mol. The molecule has 0 aromatic heterocycles. The highest BCUT2D eigenvalue weighted by molar-refractivity contribution is 5.77. The number of carbonyl (C=O) groups excluding carboxylic acids is 1. The first-order valence-electron chi connectivity index (χ1n) is 7.23. The van der Waals surface area contributed by atoms with Crippen molar-refractivity contribution in [2.45, 2.75) is 32.4 Å². The summed E-state index contributed by atoms with van der Waals surface area (Å²) in [5.41, 5.74) is 9.38. The van der Waals surface area contributed by atoms with E-state index >= 15 is 0 Å². The molecule has 0 fully saturated rings. The van der Waals surface area contributed by atoms with E-state index < -0.39 is 0 Å². The van der Waals surface area contributed by atoms with Gasteiger partial charge >= 0.3 is 0 Å². The lowest BCUT2D eigenvalue weighted by molar-refractivity contribution is -0.122. The maximum absolute atomic E-state index is 12.1. The second kappa shape index (κ2) is 7.04. The van der Waals surface area contributed by atoms with E-state index in [1.807, 2.05) is 68.4 Å². The van der Waals surface area contributed by atoms with E-state index in [2.05, 4.69) is 5.32 Å². The molecule has 2 aromatic rings. The monoisotopic (exact) mass is 282 g/mol. The summed E-state index contributed by atoms with van der Waals surface area (Å²) in [6.45, 7) is 4.04. The minimum atomic E-state index is -0.268. The number of rotatable bonds is 5. The van der Waals surface area contributed by atoms with E-state index in [-0.39, 0.29) is 18.0 Å². The quantitative estimate of drug-likeness (QED) is 0.884. The molecule has 0 spiro atoms. The number of nitrogens with one attached hydrogen (secondary N) is 1. The molecule has 0 saturated carbocycles. The highest BCUT2D eigenvalue weighted by Crippen LogP contribution is 2.18. The normalized spacial score (nSPS) is 13.5. The second-order valence-electron chi connectivity index (χ2n) is 5.37. The fourth-order valence-electron chi connectivity index (χ4n) is 2.47. The van der Waals surface area contributed by atoms with Crippen LogP contribution < -0.4 is 11.1 Å². The van der Waals surface area contributed by atoms with Crippen molar-refractivity contribution in [3.8, 4) is 0 Å². The van der Waals surface area contributed by atoms with Crippen LogP contribution in [0.15, 0.2) is 54.6 Å². The molecule has 0 aliphatic carbocycles. The lowest BCUT2D eigenvalue weighted by atomic mass is 10.0. The van der Waals surface area contributed by atoms with E-state index in [9.17, 15) is 4.79 Å². The summed E-state index contributed by atoms with van der Waals surface area (Å²) in [4.78, 5) is 12.1. The van der Waals surface area contributed by atoms with E-state index in [1.165, 1.54) is 5.56 Å². The SMILES string of the molecule is Cc1ccccc1C(C)NC(=O)CC(N)c1ccccc1. The number of benzene rings is 2. The van der Waals surface area contributed by atoms with Gasteiger partial charge in [0.25, 0.3) is 0 Å². The van der Waals surface area contributed by atoms with Gasteiger partial charge in [0.05, 0.1) is 6.04 Å². The molecule has 2 atom stereocenters. The molecule has 3 N–H and O–H groups in total. The molecule has 0 saturated heterocycles. The van der Waals surface area contributed by atoms with Crippen LogP contribution in [0.2, 0.25) is 0 Å². The minimum Gasteiger partial charge on any atom is -0.350 e. The van der Waals surface area contributed by atoms with Gasteiger partial charge in [0.15, 0.2) is 0 Å². The zero-order valence-corrected chi connectivity index (χ0v) is 12.5. The summed E-state index contributed by atoms with van der Waals surface area (Å²) in [5.74, 6) is -0.0258. The standard InChI is InChI=1S/C18H22N2O/c1-13-8-6-7-11-16(13)14(2)20-18(21)12-17(19)15-9-4-3-5-10-15/h3-11,14,17H,12,19H2,1-2H3,(H,20,21). The van der Waals surface area contributed by atoms with Crippen molar-refractivity contribution in [1.29, 1.82) is 0 Å². The minimum absolute atomic E-state index is 0.0123. The number of hydrogen-bond acceptors (Lipinski definition) is 2. The van der Waals surface area contributed by atoms with Gasteiger partial charge in [-0.3, -0.25) is 4.79 Å². The van der Waals surface area contributed by atoms with Crippen molar-refractivity contribution in [2.75, 3.05) is 0 Å². The molecule has 0 aliphatic rings. The third kappa shape index (κ3) is 4.17. The van der Waals surface area contributed by atoms with Crippen LogP contribution in [0.3, 0.4) is 0 Å². The van der Waals surface area contributed by atoms with Crippen LogP contribution in [0.5, 0.6) is 0 Å². The van der Waals surface area contributed by atoms with E-state index in [1.54, 1.807) is 0 Å². The Hall–Kier alpha value is -2.13. The molecular formula is C18H22N2O. The van der Waals surface area contributed by atoms with Gasteiger partial charge in [-0.1, -0.05) is 54.6 Å². The summed E-state index contributed by atoms with van der Waals surface area (Å²) in [6.07, 6.45) is 0.292. The van der Waals surface area contributed by atoms with Gasteiger partial charge in [-0.25, -0.2) is 0 Å². The zero-order valence-electron chi connectivity index (χ0n) is 12.5. The largest absolute Gasteiger partial charge is 0.350 e. The summed E-state index contributed by atoms with van der Waals surface area (Å²) >= 11 is 0.